The lowest BCUT2D eigenvalue weighted by atomic mass is 9.95. The van der Waals surface area contributed by atoms with E-state index >= 15 is 0 Å². The molecule has 1 aliphatic carbocycles. The minimum Gasteiger partial charge on any atom is -0.300 e. The quantitative estimate of drug-likeness (QED) is 0.525. The van der Waals surface area contributed by atoms with Crippen LogP contribution in [0.2, 0.25) is 0 Å². The van der Waals surface area contributed by atoms with Gasteiger partial charge in [-0.25, -0.2) is 0 Å². The van der Waals surface area contributed by atoms with Crippen molar-refractivity contribution in [3.8, 4) is 0 Å². The van der Waals surface area contributed by atoms with Crippen molar-refractivity contribution in [2.45, 2.75) is 33.1 Å². The highest BCUT2D eigenvalue weighted by molar-refractivity contribution is 5.78. The Morgan fingerprint density at radius 3 is 2.33 bits per heavy atom. The molecule has 9 heavy (non-hydrogen) atoms. The Morgan fingerprint density at radius 2 is 2.11 bits per heavy atom. The van der Waals surface area contributed by atoms with E-state index in [2.05, 4.69) is 6.92 Å². The van der Waals surface area contributed by atoms with E-state index in [1.54, 1.807) is 6.92 Å². The van der Waals surface area contributed by atoms with Gasteiger partial charge in [0.05, 0.1) is 0 Å². The second-order valence-electron chi connectivity index (χ2n) is 3.13. The van der Waals surface area contributed by atoms with Crippen LogP contribution in [0.4, 0.5) is 0 Å². The molecule has 0 saturated heterocycles. The summed E-state index contributed by atoms with van der Waals surface area (Å²) in [4.78, 5) is 10.9. The van der Waals surface area contributed by atoms with E-state index in [-0.39, 0.29) is 0 Å². The van der Waals surface area contributed by atoms with Gasteiger partial charge in [0.25, 0.3) is 0 Å². The molecule has 0 radical (unpaired) electrons. The molecule has 0 aromatic carbocycles. The van der Waals surface area contributed by atoms with Crippen LogP contribution in [0.5, 0.6) is 0 Å². The number of hydrogen-bond donors (Lipinski definition) is 0. The third kappa shape index (κ3) is 1.32. The maximum Gasteiger partial charge on any atom is 0.133 e. The zero-order chi connectivity index (χ0) is 6.85. The summed E-state index contributed by atoms with van der Waals surface area (Å²) in [5.74, 6) is 1.44. The lowest BCUT2D eigenvalue weighted by Crippen LogP contribution is -2.12. The van der Waals surface area contributed by atoms with Gasteiger partial charge in [0, 0.05) is 5.92 Å². The van der Waals surface area contributed by atoms with Gasteiger partial charge in [0.2, 0.25) is 0 Å². The third-order valence-corrected chi connectivity index (χ3v) is 2.38. The van der Waals surface area contributed by atoms with Crippen molar-refractivity contribution in [2.75, 3.05) is 0 Å². The van der Waals surface area contributed by atoms with Crippen LogP contribution < -0.4 is 0 Å². The number of hydrogen-bond acceptors (Lipinski definition) is 1. The first-order valence-electron chi connectivity index (χ1n) is 3.72. The fourth-order valence-electron chi connectivity index (χ4n) is 1.75. The molecule has 1 heteroatoms. The molecule has 0 bridgehead atoms. The molecule has 1 nitrogen and oxygen atoms in total. The Balaban J connectivity index is 2.49. The molecule has 0 unspecified atom stereocenters. The van der Waals surface area contributed by atoms with E-state index in [1.165, 1.54) is 12.8 Å². The van der Waals surface area contributed by atoms with Crippen LogP contribution in [0.1, 0.15) is 33.1 Å². The van der Waals surface area contributed by atoms with Crippen LogP contribution in [0, 0.1) is 11.8 Å². The monoisotopic (exact) mass is 126 g/mol. The average Bonchev–Trinajstić information content (AvgIpc) is 2.13. The number of Topliss-reactive ketones (excluding diaryl/α,β-unsaturated/α-hetero) is 1. The van der Waals surface area contributed by atoms with Crippen molar-refractivity contribution < 1.29 is 4.79 Å². The van der Waals surface area contributed by atoms with E-state index in [0.717, 1.165) is 6.42 Å². The van der Waals surface area contributed by atoms with Crippen LogP contribution in [0.25, 0.3) is 0 Å². The zero-order valence-corrected chi connectivity index (χ0v) is 6.18. The first-order chi connectivity index (χ1) is 4.22. The van der Waals surface area contributed by atoms with Crippen molar-refractivity contribution in [1.29, 1.82) is 0 Å². The number of rotatable bonds is 1. The molecule has 1 aliphatic rings. The van der Waals surface area contributed by atoms with Crippen molar-refractivity contribution in [3.63, 3.8) is 0 Å². The summed E-state index contributed by atoms with van der Waals surface area (Å²) in [6.07, 6.45) is 3.64. The van der Waals surface area contributed by atoms with Gasteiger partial charge in [-0.05, 0) is 25.7 Å². The van der Waals surface area contributed by atoms with Gasteiger partial charge in [0.1, 0.15) is 5.78 Å². The molecule has 0 N–H and O–H groups in total. The molecule has 2 atom stereocenters. The highest BCUT2D eigenvalue weighted by atomic mass is 16.1. The van der Waals surface area contributed by atoms with Gasteiger partial charge in [-0.15, -0.1) is 0 Å². The molecular formula is C8H14O. The van der Waals surface area contributed by atoms with Crippen LogP contribution in [-0.4, -0.2) is 5.78 Å². The topological polar surface area (TPSA) is 17.1 Å². The van der Waals surface area contributed by atoms with Crippen molar-refractivity contribution >= 4 is 5.78 Å². The molecule has 0 heterocycles. The van der Waals surface area contributed by atoms with E-state index in [0.29, 0.717) is 17.6 Å². The van der Waals surface area contributed by atoms with Crippen molar-refractivity contribution in [2.24, 2.45) is 11.8 Å². The fraction of sp³-hybridized carbons (Fsp3) is 0.875. The van der Waals surface area contributed by atoms with Crippen LogP contribution in [0.15, 0.2) is 0 Å². The minimum atomic E-state index is 0.389. The average molecular weight is 126 g/mol. The van der Waals surface area contributed by atoms with E-state index in [1.807, 2.05) is 0 Å². The second kappa shape index (κ2) is 2.51. The Bertz CT molecular complexity index is 118. The largest absolute Gasteiger partial charge is 0.300 e. The summed E-state index contributed by atoms with van der Waals surface area (Å²) in [6.45, 7) is 3.89. The molecule has 0 amide bonds. The molecule has 1 fully saturated rings. The fourth-order valence-corrected chi connectivity index (χ4v) is 1.75. The normalized spacial score (nSPS) is 34.9. The maximum absolute atomic E-state index is 10.9. The smallest absolute Gasteiger partial charge is 0.133 e. The molecule has 52 valence electrons. The van der Waals surface area contributed by atoms with Gasteiger partial charge in [0.15, 0.2) is 0 Å². The van der Waals surface area contributed by atoms with E-state index in [4.69, 9.17) is 0 Å². The lowest BCUT2D eigenvalue weighted by molar-refractivity contribution is -0.121. The highest BCUT2D eigenvalue weighted by Crippen LogP contribution is 2.31. The molecule has 1 saturated carbocycles. The van der Waals surface area contributed by atoms with E-state index < -0.39 is 0 Å². The molecule has 0 aromatic rings. The Labute approximate surface area is 56.4 Å². The third-order valence-electron chi connectivity index (χ3n) is 2.38. The molecular weight excluding hydrogens is 112 g/mol. The first-order valence-corrected chi connectivity index (χ1v) is 3.72. The van der Waals surface area contributed by atoms with Crippen molar-refractivity contribution in [1.82, 2.24) is 0 Å². The van der Waals surface area contributed by atoms with Gasteiger partial charge >= 0.3 is 0 Å². The van der Waals surface area contributed by atoms with Crippen LogP contribution in [-0.2, 0) is 4.79 Å². The molecule has 1 rings (SSSR count). The van der Waals surface area contributed by atoms with Gasteiger partial charge < -0.3 is 0 Å². The Hall–Kier alpha value is -0.330. The number of ketones is 1. The minimum absolute atomic E-state index is 0.389. The summed E-state index contributed by atoms with van der Waals surface area (Å²) in [7, 11) is 0. The molecule has 0 spiro atoms. The number of carbonyl (C=O) groups is 1. The number of carbonyl (C=O) groups excluding carboxylic acids is 1. The summed E-state index contributed by atoms with van der Waals surface area (Å²) in [5.41, 5.74) is 0. The van der Waals surface area contributed by atoms with Crippen LogP contribution in [0.3, 0.4) is 0 Å². The zero-order valence-electron chi connectivity index (χ0n) is 6.18. The summed E-state index contributed by atoms with van der Waals surface area (Å²) in [6, 6.07) is 0. The standard InChI is InChI=1S/C8H14O/c1-6-4-3-5-8(6)7(2)9/h6,8H,3-5H2,1-2H3/t6-,8+/m0/s1. The molecule has 0 aromatic heterocycles. The Morgan fingerprint density at radius 1 is 1.44 bits per heavy atom. The van der Waals surface area contributed by atoms with Crippen molar-refractivity contribution in [3.05, 3.63) is 0 Å². The van der Waals surface area contributed by atoms with Gasteiger partial charge in [-0.3, -0.25) is 4.79 Å². The van der Waals surface area contributed by atoms with Gasteiger partial charge in [-0.1, -0.05) is 13.3 Å². The summed E-state index contributed by atoms with van der Waals surface area (Å²) >= 11 is 0. The summed E-state index contributed by atoms with van der Waals surface area (Å²) < 4.78 is 0. The van der Waals surface area contributed by atoms with E-state index in [9.17, 15) is 4.79 Å². The summed E-state index contributed by atoms with van der Waals surface area (Å²) in [5, 5.41) is 0. The first kappa shape index (κ1) is 6.79. The van der Waals surface area contributed by atoms with Gasteiger partial charge in [-0.2, -0.15) is 0 Å². The SMILES string of the molecule is CC(=O)[C@@H]1CCC[C@@H]1C. The maximum atomic E-state index is 10.9. The predicted molar refractivity (Wildman–Crippen MR) is 37.2 cm³/mol. The second-order valence-corrected chi connectivity index (χ2v) is 3.13. The lowest BCUT2D eigenvalue weighted by Gasteiger charge is -2.09. The predicted octanol–water partition coefficient (Wildman–Crippen LogP) is 2.01. The molecule has 0 aliphatic heterocycles. The van der Waals surface area contributed by atoms with Crippen LogP contribution >= 0.6 is 0 Å². The highest BCUT2D eigenvalue weighted by Gasteiger charge is 2.26. The Kier molecular flexibility index (Phi) is 1.89.